The van der Waals surface area contributed by atoms with Gasteiger partial charge in [0.25, 0.3) is 0 Å². The van der Waals surface area contributed by atoms with Crippen LogP contribution < -0.4 is 14.8 Å². The van der Waals surface area contributed by atoms with Crippen molar-refractivity contribution in [3.8, 4) is 11.5 Å². The second-order valence-electron chi connectivity index (χ2n) is 5.21. The average molecular weight is 278 g/mol. The second kappa shape index (κ2) is 7.50. The molecule has 1 atom stereocenters. The maximum Gasteiger partial charge on any atom is 0.165 e. The Hall–Kier alpha value is -1.26. The molecule has 0 aliphatic carbocycles. The first-order valence-corrected chi connectivity index (χ1v) is 7.44. The van der Waals surface area contributed by atoms with E-state index in [2.05, 4.69) is 23.2 Å². The van der Waals surface area contributed by atoms with Crippen molar-refractivity contribution in [3.63, 3.8) is 0 Å². The summed E-state index contributed by atoms with van der Waals surface area (Å²) in [6, 6.07) is 6.70. The number of nitrogens with zero attached hydrogens (tertiary/aromatic N) is 1. The highest BCUT2D eigenvalue weighted by Crippen LogP contribution is 2.30. The van der Waals surface area contributed by atoms with Crippen molar-refractivity contribution in [1.82, 2.24) is 10.2 Å². The van der Waals surface area contributed by atoms with Gasteiger partial charge in [-0.1, -0.05) is 19.1 Å². The van der Waals surface area contributed by atoms with Crippen molar-refractivity contribution in [2.24, 2.45) is 0 Å². The molecule has 20 heavy (non-hydrogen) atoms. The molecule has 1 fully saturated rings. The lowest BCUT2D eigenvalue weighted by Crippen LogP contribution is -2.37. The van der Waals surface area contributed by atoms with E-state index in [4.69, 9.17) is 9.47 Å². The van der Waals surface area contributed by atoms with Gasteiger partial charge in [0.1, 0.15) is 0 Å². The monoisotopic (exact) mass is 278 g/mol. The summed E-state index contributed by atoms with van der Waals surface area (Å²) < 4.78 is 10.8. The zero-order valence-electron chi connectivity index (χ0n) is 12.8. The van der Waals surface area contributed by atoms with Crippen molar-refractivity contribution >= 4 is 0 Å². The minimum Gasteiger partial charge on any atom is -0.493 e. The summed E-state index contributed by atoms with van der Waals surface area (Å²) in [6.45, 7) is 6.48. The van der Waals surface area contributed by atoms with Gasteiger partial charge in [-0.2, -0.15) is 0 Å². The Morgan fingerprint density at radius 3 is 2.85 bits per heavy atom. The third kappa shape index (κ3) is 3.44. The Kier molecular flexibility index (Phi) is 5.68. The van der Waals surface area contributed by atoms with Crippen molar-refractivity contribution in [3.05, 3.63) is 23.8 Å². The smallest absolute Gasteiger partial charge is 0.165 e. The van der Waals surface area contributed by atoms with Crippen LogP contribution in [0.4, 0.5) is 0 Å². The van der Waals surface area contributed by atoms with Crippen molar-refractivity contribution in [2.75, 3.05) is 33.9 Å². The molecule has 1 aliphatic heterocycles. The maximum absolute atomic E-state index is 5.46. The molecule has 0 amide bonds. The summed E-state index contributed by atoms with van der Waals surface area (Å²) >= 11 is 0. The van der Waals surface area contributed by atoms with Crippen LogP contribution in [-0.4, -0.2) is 44.8 Å². The Labute approximate surface area is 122 Å². The lowest BCUT2D eigenvalue weighted by atomic mass is 10.1. The highest BCUT2D eigenvalue weighted by atomic mass is 16.5. The third-order valence-corrected chi connectivity index (χ3v) is 4.09. The predicted molar refractivity (Wildman–Crippen MR) is 81.5 cm³/mol. The van der Waals surface area contributed by atoms with E-state index in [9.17, 15) is 0 Å². The minimum atomic E-state index is 0.677. The summed E-state index contributed by atoms with van der Waals surface area (Å²) in [5, 5.41) is 3.56. The molecule has 0 saturated carbocycles. The fourth-order valence-corrected chi connectivity index (χ4v) is 3.01. The van der Waals surface area contributed by atoms with Gasteiger partial charge in [0, 0.05) is 24.7 Å². The number of rotatable bonds is 7. The Morgan fingerprint density at radius 1 is 1.30 bits per heavy atom. The van der Waals surface area contributed by atoms with Crippen molar-refractivity contribution in [1.29, 1.82) is 0 Å². The number of likely N-dealkylation sites (N-methyl/N-ethyl adjacent to an activating group) is 1. The van der Waals surface area contributed by atoms with Gasteiger partial charge in [-0.3, -0.25) is 4.90 Å². The molecule has 1 heterocycles. The van der Waals surface area contributed by atoms with E-state index in [0.717, 1.165) is 36.7 Å². The summed E-state index contributed by atoms with van der Waals surface area (Å²) in [5.41, 5.74) is 1.15. The largest absolute Gasteiger partial charge is 0.493 e. The summed E-state index contributed by atoms with van der Waals surface area (Å²) in [6.07, 6.45) is 2.62. The highest BCUT2D eigenvalue weighted by Gasteiger charge is 2.22. The van der Waals surface area contributed by atoms with E-state index in [1.54, 1.807) is 14.2 Å². The van der Waals surface area contributed by atoms with Crippen LogP contribution >= 0.6 is 0 Å². The highest BCUT2D eigenvalue weighted by molar-refractivity contribution is 5.46. The minimum absolute atomic E-state index is 0.677. The molecule has 1 aromatic carbocycles. The van der Waals surface area contributed by atoms with Crippen LogP contribution in [0.3, 0.4) is 0 Å². The van der Waals surface area contributed by atoms with E-state index in [1.165, 1.54) is 19.4 Å². The van der Waals surface area contributed by atoms with Gasteiger partial charge in [0.2, 0.25) is 0 Å². The number of methoxy groups -OCH3 is 2. The fraction of sp³-hybridized carbons (Fsp3) is 0.625. The number of likely N-dealkylation sites (tertiary alicyclic amines) is 1. The molecule has 1 saturated heterocycles. The number of ether oxygens (including phenoxy) is 2. The number of benzene rings is 1. The molecule has 1 N–H and O–H groups in total. The van der Waals surface area contributed by atoms with Gasteiger partial charge in [0.05, 0.1) is 14.2 Å². The third-order valence-electron chi connectivity index (χ3n) is 4.09. The van der Waals surface area contributed by atoms with Gasteiger partial charge < -0.3 is 14.8 Å². The van der Waals surface area contributed by atoms with Crippen LogP contribution in [0, 0.1) is 0 Å². The van der Waals surface area contributed by atoms with E-state index in [0.29, 0.717) is 6.04 Å². The van der Waals surface area contributed by atoms with Crippen molar-refractivity contribution in [2.45, 2.75) is 32.4 Å². The first kappa shape index (κ1) is 15.1. The first-order valence-electron chi connectivity index (χ1n) is 7.44. The molecular weight excluding hydrogens is 252 g/mol. The molecular formula is C16H26N2O2. The van der Waals surface area contributed by atoms with E-state index in [-0.39, 0.29) is 0 Å². The zero-order chi connectivity index (χ0) is 14.4. The molecule has 4 heteroatoms. The lowest BCUT2D eigenvalue weighted by molar-refractivity contribution is 0.259. The van der Waals surface area contributed by atoms with Gasteiger partial charge in [-0.05, 0) is 32.0 Å². The summed E-state index contributed by atoms with van der Waals surface area (Å²) in [5.74, 6) is 1.63. The normalized spacial score (nSPS) is 19.2. The van der Waals surface area contributed by atoms with Crippen LogP contribution in [0.2, 0.25) is 0 Å². The molecule has 0 radical (unpaired) electrons. The molecule has 4 nitrogen and oxygen atoms in total. The van der Waals surface area contributed by atoms with Gasteiger partial charge in [0.15, 0.2) is 11.5 Å². The number of para-hydroxylation sites is 1. The van der Waals surface area contributed by atoms with Crippen molar-refractivity contribution < 1.29 is 9.47 Å². The second-order valence-corrected chi connectivity index (χ2v) is 5.21. The lowest BCUT2D eigenvalue weighted by Gasteiger charge is -2.23. The average Bonchev–Trinajstić information content (AvgIpc) is 2.94. The maximum atomic E-state index is 5.46. The topological polar surface area (TPSA) is 33.7 Å². The number of nitrogens with one attached hydrogen (secondary N) is 1. The molecule has 1 aromatic rings. The molecule has 0 aromatic heterocycles. The van der Waals surface area contributed by atoms with E-state index >= 15 is 0 Å². The van der Waals surface area contributed by atoms with E-state index < -0.39 is 0 Å². The molecule has 1 unspecified atom stereocenters. The molecule has 0 bridgehead atoms. The Bertz CT molecular complexity index is 423. The fourth-order valence-electron chi connectivity index (χ4n) is 3.01. The van der Waals surface area contributed by atoms with Crippen LogP contribution in [0.15, 0.2) is 18.2 Å². The quantitative estimate of drug-likeness (QED) is 0.829. The Morgan fingerprint density at radius 2 is 2.15 bits per heavy atom. The summed E-state index contributed by atoms with van der Waals surface area (Å²) in [7, 11) is 3.36. The summed E-state index contributed by atoms with van der Waals surface area (Å²) in [4.78, 5) is 2.55. The van der Waals surface area contributed by atoms with Crippen LogP contribution in [0.5, 0.6) is 11.5 Å². The zero-order valence-corrected chi connectivity index (χ0v) is 12.8. The molecule has 2 rings (SSSR count). The van der Waals surface area contributed by atoms with E-state index in [1.807, 2.05) is 12.1 Å². The van der Waals surface area contributed by atoms with Gasteiger partial charge >= 0.3 is 0 Å². The predicted octanol–water partition coefficient (Wildman–Crippen LogP) is 2.28. The Balaban J connectivity index is 1.91. The van der Waals surface area contributed by atoms with Crippen LogP contribution in [0.25, 0.3) is 0 Å². The van der Waals surface area contributed by atoms with Crippen LogP contribution in [-0.2, 0) is 6.54 Å². The molecule has 0 spiro atoms. The van der Waals surface area contributed by atoms with Crippen LogP contribution in [0.1, 0.15) is 25.3 Å². The number of hydrogen-bond donors (Lipinski definition) is 1. The SMILES string of the molecule is CCN1CCCC1CNCc1cccc(OC)c1OC. The standard InChI is InChI=1S/C16H26N2O2/c1-4-18-10-6-8-14(18)12-17-11-13-7-5-9-15(19-2)16(13)20-3/h5,7,9,14,17H,4,6,8,10-12H2,1-3H3. The first-order chi connectivity index (χ1) is 9.80. The van der Waals surface area contributed by atoms with Gasteiger partial charge in [-0.15, -0.1) is 0 Å². The molecule has 112 valence electrons. The number of hydrogen-bond acceptors (Lipinski definition) is 4. The van der Waals surface area contributed by atoms with Gasteiger partial charge in [-0.25, -0.2) is 0 Å². The molecule has 1 aliphatic rings.